The lowest BCUT2D eigenvalue weighted by atomic mass is 10.1. The summed E-state index contributed by atoms with van der Waals surface area (Å²) in [6.45, 7) is 4.39. The van der Waals surface area contributed by atoms with Crippen molar-refractivity contribution in [1.82, 2.24) is 10.6 Å². The molecule has 0 heterocycles. The molecule has 0 aliphatic carbocycles. The van der Waals surface area contributed by atoms with E-state index in [1.807, 2.05) is 68.4 Å². The number of carbonyl (C=O) groups excluding carboxylic acids is 1. The van der Waals surface area contributed by atoms with Crippen LogP contribution in [0.3, 0.4) is 0 Å². The number of carbonyl (C=O) groups is 1. The predicted molar refractivity (Wildman–Crippen MR) is 90.8 cm³/mol. The number of benzene rings is 2. The minimum absolute atomic E-state index is 0.00572. The molecular formula is C18H21ClN2O. The van der Waals surface area contributed by atoms with Crippen molar-refractivity contribution in [2.45, 2.75) is 32.5 Å². The molecule has 22 heavy (non-hydrogen) atoms. The van der Waals surface area contributed by atoms with Gasteiger partial charge in [0.15, 0.2) is 0 Å². The fourth-order valence-corrected chi connectivity index (χ4v) is 2.60. The van der Waals surface area contributed by atoms with Crippen molar-refractivity contribution in [3.05, 3.63) is 70.7 Å². The molecule has 0 saturated heterocycles. The molecule has 2 N–H and O–H groups in total. The molecule has 2 atom stereocenters. The minimum atomic E-state index is -0.296. The minimum Gasteiger partial charge on any atom is -0.351 e. The van der Waals surface area contributed by atoms with Gasteiger partial charge in [-0.05, 0) is 31.0 Å². The number of nitrogens with one attached hydrogen (secondary N) is 2. The average molecular weight is 317 g/mol. The van der Waals surface area contributed by atoms with Gasteiger partial charge in [-0.2, -0.15) is 0 Å². The maximum atomic E-state index is 12.2. The Morgan fingerprint density at radius 2 is 1.68 bits per heavy atom. The molecule has 0 aliphatic rings. The van der Waals surface area contributed by atoms with Crippen LogP contribution in [-0.4, -0.2) is 11.9 Å². The Kier molecular flexibility index (Phi) is 5.99. The number of hydrogen-bond acceptors (Lipinski definition) is 2. The Morgan fingerprint density at radius 3 is 2.36 bits per heavy atom. The zero-order valence-corrected chi connectivity index (χ0v) is 13.6. The van der Waals surface area contributed by atoms with Gasteiger partial charge in [0.05, 0.1) is 6.04 Å². The fraction of sp³-hybridized carbons (Fsp3) is 0.278. The molecule has 0 fully saturated rings. The van der Waals surface area contributed by atoms with Gasteiger partial charge in [-0.25, -0.2) is 0 Å². The third-order valence-electron chi connectivity index (χ3n) is 3.57. The van der Waals surface area contributed by atoms with Crippen LogP contribution < -0.4 is 10.6 Å². The van der Waals surface area contributed by atoms with E-state index in [1.54, 1.807) is 0 Å². The van der Waals surface area contributed by atoms with Gasteiger partial charge in [0.25, 0.3) is 0 Å². The Hall–Kier alpha value is -1.84. The first kappa shape index (κ1) is 16.5. The molecule has 4 heteroatoms. The number of halogens is 1. The van der Waals surface area contributed by atoms with Gasteiger partial charge in [0.2, 0.25) is 5.91 Å². The second-order valence-corrected chi connectivity index (χ2v) is 5.74. The largest absolute Gasteiger partial charge is 0.351 e. The van der Waals surface area contributed by atoms with Crippen LogP contribution >= 0.6 is 11.6 Å². The van der Waals surface area contributed by atoms with Crippen molar-refractivity contribution in [2.75, 3.05) is 0 Å². The highest BCUT2D eigenvalue weighted by Gasteiger charge is 2.17. The van der Waals surface area contributed by atoms with E-state index in [0.717, 1.165) is 11.1 Å². The molecule has 0 radical (unpaired) electrons. The van der Waals surface area contributed by atoms with Gasteiger partial charge in [-0.3, -0.25) is 10.1 Å². The number of hydrogen-bond donors (Lipinski definition) is 2. The second kappa shape index (κ2) is 7.97. The summed E-state index contributed by atoms with van der Waals surface area (Å²) in [5, 5.41) is 6.92. The highest BCUT2D eigenvalue weighted by Crippen LogP contribution is 2.22. The van der Waals surface area contributed by atoms with Crippen LogP contribution in [0, 0.1) is 0 Å². The fourth-order valence-electron chi connectivity index (χ4n) is 2.30. The Labute approximate surface area is 136 Å². The summed E-state index contributed by atoms with van der Waals surface area (Å²) in [6, 6.07) is 17.2. The highest BCUT2D eigenvalue weighted by atomic mass is 35.5. The van der Waals surface area contributed by atoms with Crippen LogP contribution in [0.5, 0.6) is 0 Å². The second-order valence-electron chi connectivity index (χ2n) is 5.33. The maximum Gasteiger partial charge on any atom is 0.237 e. The SMILES string of the molecule is C[C@H](N[C@H](C)C(=O)NCc1ccccc1)c1ccccc1Cl. The van der Waals surface area contributed by atoms with Crippen LogP contribution in [0.2, 0.25) is 5.02 Å². The van der Waals surface area contributed by atoms with Crippen LogP contribution in [0.4, 0.5) is 0 Å². The quantitative estimate of drug-likeness (QED) is 0.853. The first-order valence-corrected chi connectivity index (χ1v) is 7.78. The van der Waals surface area contributed by atoms with E-state index in [2.05, 4.69) is 10.6 Å². The van der Waals surface area contributed by atoms with Gasteiger partial charge >= 0.3 is 0 Å². The first-order valence-electron chi connectivity index (χ1n) is 7.40. The monoisotopic (exact) mass is 316 g/mol. The topological polar surface area (TPSA) is 41.1 Å². The van der Waals surface area contributed by atoms with E-state index in [-0.39, 0.29) is 18.0 Å². The third kappa shape index (κ3) is 4.58. The van der Waals surface area contributed by atoms with E-state index in [9.17, 15) is 4.79 Å². The zero-order valence-electron chi connectivity index (χ0n) is 12.8. The summed E-state index contributed by atoms with van der Waals surface area (Å²) in [7, 11) is 0. The first-order chi connectivity index (χ1) is 10.6. The Balaban J connectivity index is 1.87. The van der Waals surface area contributed by atoms with E-state index < -0.39 is 0 Å². The lowest BCUT2D eigenvalue weighted by Crippen LogP contribution is -2.42. The number of amides is 1. The standard InChI is InChI=1S/C18H21ClN2O/c1-13(16-10-6-7-11-17(16)19)21-14(2)18(22)20-12-15-8-4-3-5-9-15/h3-11,13-14,21H,12H2,1-2H3,(H,20,22)/t13-,14+/m0/s1. The van der Waals surface area contributed by atoms with Gasteiger partial charge < -0.3 is 5.32 Å². The lowest BCUT2D eigenvalue weighted by Gasteiger charge is -2.20. The summed E-state index contributed by atoms with van der Waals surface area (Å²) in [6.07, 6.45) is 0. The molecular weight excluding hydrogens is 296 g/mol. The van der Waals surface area contributed by atoms with Gasteiger partial charge in [0, 0.05) is 17.6 Å². The van der Waals surface area contributed by atoms with Gasteiger partial charge in [0.1, 0.15) is 0 Å². The average Bonchev–Trinajstić information content (AvgIpc) is 2.53. The van der Waals surface area contributed by atoms with Crippen molar-refractivity contribution in [3.8, 4) is 0 Å². The molecule has 0 aromatic heterocycles. The summed E-state index contributed by atoms with van der Waals surface area (Å²) in [5.74, 6) is -0.0252. The molecule has 0 unspecified atom stereocenters. The maximum absolute atomic E-state index is 12.2. The summed E-state index contributed by atoms with van der Waals surface area (Å²) in [5.41, 5.74) is 2.08. The molecule has 2 aromatic rings. The third-order valence-corrected chi connectivity index (χ3v) is 3.92. The van der Waals surface area contributed by atoms with Crippen LogP contribution in [0.25, 0.3) is 0 Å². The van der Waals surface area contributed by atoms with Crippen molar-refractivity contribution < 1.29 is 4.79 Å². The summed E-state index contributed by atoms with van der Waals surface area (Å²) >= 11 is 6.18. The molecule has 116 valence electrons. The summed E-state index contributed by atoms with van der Waals surface area (Å²) < 4.78 is 0. The molecule has 2 aromatic carbocycles. The van der Waals surface area contributed by atoms with Crippen molar-refractivity contribution >= 4 is 17.5 Å². The van der Waals surface area contributed by atoms with E-state index in [4.69, 9.17) is 11.6 Å². The molecule has 0 spiro atoms. The molecule has 2 rings (SSSR count). The molecule has 0 saturated carbocycles. The summed E-state index contributed by atoms with van der Waals surface area (Å²) in [4.78, 5) is 12.2. The lowest BCUT2D eigenvalue weighted by molar-refractivity contribution is -0.123. The molecule has 0 aliphatic heterocycles. The van der Waals surface area contributed by atoms with Crippen molar-refractivity contribution in [2.24, 2.45) is 0 Å². The highest BCUT2D eigenvalue weighted by molar-refractivity contribution is 6.31. The molecule has 3 nitrogen and oxygen atoms in total. The smallest absolute Gasteiger partial charge is 0.237 e. The zero-order chi connectivity index (χ0) is 15.9. The van der Waals surface area contributed by atoms with E-state index in [1.165, 1.54) is 0 Å². The normalized spacial score (nSPS) is 13.4. The number of rotatable bonds is 6. The van der Waals surface area contributed by atoms with Crippen molar-refractivity contribution in [1.29, 1.82) is 0 Å². The van der Waals surface area contributed by atoms with Crippen LogP contribution in [-0.2, 0) is 11.3 Å². The van der Waals surface area contributed by atoms with Gasteiger partial charge in [-0.1, -0.05) is 60.1 Å². The van der Waals surface area contributed by atoms with E-state index in [0.29, 0.717) is 11.6 Å². The van der Waals surface area contributed by atoms with E-state index >= 15 is 0 Å². The Bertz CT molecular complexity index is 615. The van der Waals surface area contributed by atoms with Gasteiger partial charge in [-0.15, -0.1) is 0 Å². The Morgan fingerprint density at radius 1 is 1.05 bits per heavy atom. The van der Waals surface area contributed by atoms with Crippen LogP contribution in [0.1, 0.15) is 31.0 Å². The molecule has 1 amide bonds. The molecule has 0 bridgehead atoms. The van der Waals surface area contributed by atoms with Crippen molar-refractivity contribution in [3.63, 3.8) is 0 Å². The van der Waals surface area contributed by atoms with Crippen LogP contribution in [0.15, 0.2) is 54.6 Å². The predicted octanol–water partition coefficient (Wildman–Crippen LogP) is 3.70.